The van der Waals surface area contributed by atoms with Gasteiger partial charge in [0.25, 0.3) is 0 Å². The van der Waals surface area contributed by atoms with Gasteiger partial charge >= 0.3 is 11.9 Å². The summed E-state index contributed by atoms with van der Waals surface area (Å²) in [6, 6.07) is 0. The Balaban J connectivity index is 1.52. The molecule has 0 bridgehead atoms. The Bertz CT molecular complexity index is 1150. The van der Waals surface area contributed by atoms with E-state index in [2.05, 4.69) is 27.7 Å². The number of carbonyl (C=O) groups excluding carboxylic acids is 3. The molecule has 254 valence electrons. The summed E-state index contributed by atoms with van der Waals surface area (Å²) in [5.41, 5.74) is -3.30. The molecule has 7 heteroatoms. The van der Waals surface area contributed by atoms with Crippen LogP contribution in [0.1, 0.15) is 144 Å². The van der Waals surface area contributed by atoms with Gasteiger partial charge in [-0.15, -0.1) is 0 Å². The highest BCUT2D eigenvalue weighted by Gasteiger charge is 2.83. The van der Waals surface area contributed by atoms with Gasteiger partial charge in [0.05, 0.1) is 5.60 Å². The fourth-order valence-corrected chi connectivity index (χ4v) is 9.19. The molecule has 0 aromatic carbocycles. The van der Waals surface area contributed by atoms with Gasteiger partial charge in [-0.25, -0.2) is 0 Å². The molecule has 4 rings (SSSR count). The van der Waals surface area contributed by atoms with Crippen LogP contribution in [0.5, 0.6) is 0 Å². The van der Waals surface area contributed by atoms with Gasteiger partial charge in [0, 0.05) is 42.4 Å². The predicted molar refractivity (Wildman–Crippen MR) is 175 cm³/mol. The highest BCUT2D eigenvalue weighted by molar-refractivity contribution is 6.04. The molecule has 7 atom stereocenters. The first-order valence-electron chi connectivity index (χ1n) is 18.0. The number of aliphatic hydroxyl groups is 2. The number of unbranched alkanes of at least 4 members (excludes halogenated alkanes) is 10. The van der Waals surface area contributed by atoms with E-state index >= 15 is 0 Å². The molecule has 0 aromatic heterocycles. The zero-order valence-corrected chi connectivity index (χ0v) is 28.9. The largest absolute Gasteiger partial charge is 0.461 e. The zero-order chi connectivity index (χ0) is 33.0. The van der Waals surface area contributed by atoms with E-state index in [1.807, 2.05) is 13.0 Å². The average Bonchev–Trinajstić information content (AvgIpc) is 3.39. The van der Waals surface area contributed by atoms with E-state index in [1.54, 1.807) is 13.0 Å². The molecule has 4 aliphatic rings. The molecule has 4 aliphatic carbocycles. The topological polar surface area (TPSA) is 110 Å². The highest BCUT2D eigenvalue weighted by Crippen LogP contribution is 2.76. The lowest BCUT2D eigenvalue weighted by Gasteiger charge is -2.50. The van der Waals surface area contributed by atoms with Gasteiger partial charge in [-0.05, 0) is 43.3 Å². The smallest absolute Gasteiger partial charge is 0.306 e. The van der Waals surface area contributed by atoms with E-state index in [4.69, 9.17) is 9.47 Å². The van der Waals surface area contributed by atoms with E-state index in [0.717, 1.165) is 51.4 Å². The molecule has 2 N–H and O–H groups in total. The van der Waals surface area contributed by atoms with Crippen molar-refractivity contribution < 1.29 is 34.1 Å². The number of hydrogen-bond acceptors (Lipinski definition) is 7. The summed E-state index contributed by atoms with van der Waals surface area (Å²) in [5, 5.41) is 24.7. The molecule has 0 aliphatic heterocycles. The zero-order valence-electron chi connectivity index (χ0n) is 28.9. The quantitative estimate of drug-likeness (QED) is 0.0972. The maximum Gasteiger partial charge on any atom is 0.306 e. The SMILES string of the molecule is CCCCCCCCCC(=O)O[C@@]12C[C@@H](C)[C@@]3(O)[C@@H](C=C(COC(=O)CCCCCCC)C[C@]4(O)C(=O)C(C)=C[C@@H]34)[C@@H]1C2(C)C. The number of ether oxygens (including phenoxy) is 2. The number of rotatable bonds is 17. The molecule has 0 saturated heterocycles. The lowest BCUT2D eigenvalue weighted by Crippen LogP contribution is -2.61. The van der Waals surface area contributed by atoms with Crippen molar-refractivity contribution in [3.05, 3.63) is 23.3 Å². The van der Waals surface area contributed by atoms with Crippen LogP contribution in [0.25, 0.3) is 0 Å². The van der Waals surface area contributed by atoms with Crippen LogP contribution in [0.2, 0.25) is 0 Å². The van der Waals surface area contributed by atoms with E-state index in [-0.39, 0.29) is 42.6 Å². The lowest BCUT2D eigenvalue weighted by molar-refractivity contribution is -0.187. The monoisotopic (exact) mass is 628 g/mol. The predicted octanol–water partition coefficient (Wildman–Crippen LogP) is 7.56. The van der Waals surface area contributed by atoms with Crippen molar-refractivity contribution in [1.29, 1.82) is 0 Å². The van der Waals surface area contributed by atoms with Gasteiger partial charge in [-0.1, -0.05) is 111 Å². The number of fused-ring (bicyclic) bond motifs is 5. The Hall–Kier alpha value is -1.99. The van der Waals surface area contributed by atoms with Crippen molar-refractivity contribution in [2.45, 2.75) is 161 Å². The minimum absolute atomic E-state index is 0.00214. The Morgan fingerprint density at radius 3 is 2.02 bits per heavy atom. The number of ketones is 1. The van der Waals surface area contributed by atoms with Crippen LogP contribution < -0.4 is 0 Å². The van der Waals surface area contributed by atoms with Crippen molar-refractivity contribution in [3.8, 4) is 0 Å². The minimum atomic E-state index is -1.81. The second-order valence-electron chi connectivity index (χ2n) is 15.4. The summed E-state index contributed by atoms with van der Waals surface area (Å²) in [4.78, 5) is 39.3. The maximum absolute atomic E-state index is 13.4. The van der Waals surface area contributed by atoms with Gasteiger partial charge in [-0.2, -0.15) is 0 Å². The van der Waals surface area contributed by atoms with Gasteiger partial charge < -0.3 is 19.7 Å². The fourth-order valence-electron chi connectivity index (χ4n) is 9.19. The Labute approximate surface area is 271 Å². The summed E-state index contributed by atoms with van der Waals surface area (Å²) in [5.74, 6) is -2.71. The van der Waals surface area contributed by atoms with E-state index in [1.165, 1.54) is 25.7 Å². The number of esters is 2. The first-order valence-corrected chi connectivity index (χ1v) is 18.0. The second kappa shape index (κ2) is 14.4. The normalized spacial score (nSPS) is 34.5. The minimum Gasteiger partial charge on any atom is -0.461 e. The molecular formula is C38H60O7. The molecule has 7 nitrogen and oxygen atoms in total. The summed E-state index contributed by atoms with van der Waals surface area (Å²) >= 11 is 0. The van der Waals surface area contributed by atoms with Crippen LogP contribution in [0.4, 0.5) is 0 Å². The van der Waals surface area contributed by atoms with Crippen LogP contribution in [0, 0.1) is 29.1 Å². The Morgan fingerprint density at radius 1 is 0.867 bits per heavy atom. The molecule has 0 amide bonds. The van der Waals surface area contributed by atoms with Crippen LogP contribution in [0.3, 0.4) is 0 Å². The lowest BCUT2D eigenvalue weighted by atomic mass is 9.60. The highest BCUT2D eigenvalue weighted by atomic mass is 16.6. The molecule has 2 saturated carbocycles. The van der Waals surface area contributed by atoms with Crippen LogP contribution >= 0.6 is 0 Å². The molecule has 0 spiro atoms. The van der Waals surface area contributed by atoms with Crippen LogP contribution in [-0.2, 0) is 23.9 Å². The molecule has 0 aromatic rings. The van der Waals surface area contributed by atoms with Gasteiger partial charge in [0.2, 0.25) is 0 Å². The van der Waals surface area contributed by atoms with Crippen LogP contribution in [-0.4, -0.2) is 51.3 Å². The Kier molecular flexibility index (Phi) is 11.5. The summed E-state index contributed by atoms with van der Waals surface area (Å²) in [6.45, 7) is 12.2. The third kappa shape index (κ3) is 6.86. The van der Waals surface area contributed by atoms with Crippen molar-refractivity contribution in [1.82, 2.24) is 0 Å². The molecule has 0 radical (unpaired) electrons. The third-order valence-corrected chi connectivity index (χ3v) is 11.9. The van der Waals surface area contributed by atoms with Crippen LogP contribution in [0.15, 0.2) is 23.3 Å². The molecule has 0 heterocycles. The first kappa shape index (κ1) is 35.9. The molecule has 0 unspecified atom stereocenters. The van der Waals surface area contributed by atoms with Crippen molar-refractivity contribution in [2.24, 2.45) is 29.1 Å². The number of Topliss-reactive ketones (excluding diaryl/α,β-unsaturated/α-hetero) is 1. The van der Waals surface area contributed by atoms with Crippen molar-refractivity contribution in [3.63, 3.8) is 0 Å². The molecular weight excluding hydrogens is 568 g/mol. The maximum atomic E-state index is 13.4. The van der Waals surface area contributed by atoms with Crippen molar-refractivity contribution >= 4 is 17.7 Å². The average molecular weight is 629 g/mol. The second-order valence-corrected chi connectivity index (χ2v) is 15.4. The van der Waals surface area contributed by atoms with E-state index in [9.17, 15) is 24.6 Å². The first-order chi connectivity index (χ1) is 21.3. The van der Waals surface area contributed by atoms with Gasteiger partial charge in [0.15, 0.2) is 5.78 Å². The summed E-state index contributed by atoms with van der Waals surface area (Å²) in [6.07, 6.45) is 17.9. The van der Waals surface area contributed by atoms with Gasteiger partial charge in [-0.3, -0.25) is 14.4 Å². The Morgan fingerprint density at radius 2 is 1.42 bits per heavy atom. The molecule has 2 fully saturated rings. The standard InChI is InChI=1S/C38H60O7/c1-7-9-11-13-14-16-18-20-32(40)45-37-23-27(4)38(43)29(33(37)35(37,5)6)22-28(24-36(42)30(38)21-26(3)34(36)41)25-44-31(39)19-17-15-12-10-8-2/h21-22,27,29-30,33,42-43H,7-20,23-25H2,1-6H3/t27-,29+,30-,33-,36-,37+,38-/m1/s1. The molecule has 45 heavy (non-hydrogen) atoms. The third-order valence-electron chi connectivity index (χ3n) is 11.9. The summed E-state index contributed by atoms with van der Waals surface area (Å²) < 4.78 is 12.1. The number of hydrogen-bond donors (Lipinski definition) is 2. The van der Waals surface area contributed by atoms with E-state index in [0.29, 0.717) is 30.4 Å². The van der Waals surface area contributed by atoms with Gasteiger partial charge in [0.1, 0.15) is 17.8 Å². The summed E-state index contributed by atoms with van der Waals surface area (Å²) in [7, 11) is 0. The van der Waals surface area contributed by atoms with E-state index < -0.39 is 34.1 Å². The fraction of sp³-hybridized carbons (Fsp3) is 0.816. The van der Waals surface area contributed by atoms with Crippen molar-refractivity contribution in [2.75, 3.05) is 6.61 Å². The number of carbonyl (C=O) groups is 3.